The highest BCUT2D eigenvalue weighted by molar-refractivity contribution is 5.99. The number of rotatable bonds is 6. The van der Waals surface area contributed by atoms with E-state index in [4.69, 9.17) is 0 Å². The molecule has 0 aromatic rings. The maximum absolute atomic E-state index is 11.7. The van der Waals surface area contributed by atoms with Crippen LogP contribution in [0.2, 0.25) is 0 Å². The molecule has 0 heterocycles. The van der Waals surface area contributed by atoms with Gasteiger partial charge in [0.1, 0.15) is 0 Å². The molecule has 0 radical (unpaired) electrons. The molecular formula is C17H22O. The fourth-order valence-electron chi connectivity index (χ4n) is 1.67. The number of carbonyl (C=O) groups is 1. The molecule has 0 aliphatic heterocycles. The van der Waals surface area contributed by atoms with Crippen molar-refractivity contribution in [1.82, 2.24) is 0 Å². The number of allylic oxidation sites excluding steroid dienone is 10. The minimum Gasteiger partial charge on any atom is -0.294 e. The third kappa shape index (κ3) is 4.96. The largest absolute Gasteiger partial charge is 0.294 e. The van der Waals surface area contributed by atoms with E-state index in [0.717, 1.165) is 16.7 Å². The first-order chi connectivity index (χ1) is 8.45. The molecule has 0 amide bonds. The van der Waals surface area contributed by atoms with Gasteiger partial charge in [0.15, 0.2) is 5.78 Å². The summed E-state index contributed by atoms with van der Waals surface area (Å²) in [5.74, 6) is 0.0451. The summed E-state index contributed by atoms with van der Waals surface area (Å²) in [6, 6.07) is 0. The van der Waals surface area contributed by atoms with Crippen LogP contribution in [0, 0.1) is 0 Å². The fraction of sp³-hybridized carbons (Fsp3) is 0.235. The van der Waals surface area contributed by atoms with Crippen molar-refractivity contribution in [2.24, 2.45) is 0 Å². The summed E-state index contributed by atoms with van der Waals surface area (Å²) in [5, 5.41) is 0. The number of ketones is 1. The molecule has 0 aliphatic rings. The first-order valence-electron chi connectivity index (χ1n) is 5.95. The Hall–Kier alpha value is -1.89. The minimum absolute atomic E-state index is 0.0451. The molecule has 1 heteroatoms. The maximum atomic E-state index is 11.7. The van der Waals surface area contributed by atoms with Gasteiger partial charge < -0.3 is 0 Å². The molecule has 0 saturated carbocycles. The number of Topliss-reactive ketones (excluding diaryl/α,β-unsaturated/α-hetero) is 1. The smallest absolute Gasteiger partial charge is 0.160 e. The predicted octanol–water partition coefficient (Wildman–Crippen LogP) is 4.71. The lowest BCUT2D eigenvalue weighted by molar-refractivity contribution is -0.113. The fourth-order valence-corrected chi connectivity index (χ4v) is 1.67. The summed E-state index contributed by atoms with van der Waals surface area (Å²) < 4.78 is 0. The van der Waals surface area contributed by atoms with E-state index in [0.29, 0.717) is 5.57 Å². The molecule has 0 N–H and O–H groups in total. The third-order valence-electron chi connectivity index (χ3n) is 2.57. The van der Waals surface area contributed by atoms with Gasteiger partial charge in [-0.25, -0.2) is 0 Å². The van der Waals surface area contributed by atoms with Gasteiger partial charge in [0.05, 0.1) is 0 Å². The van der Waals surface area contributed by atoms with Gasteiger partial charge in [-0.1, -0.05) is 49.6 Å². The molecule has 0 rings (SSSR count). The Bertz CT molecular complexity index is 454. The monoisotopic (exact) mass is 242 g/mol. The molecule has 0 aromatic heterocycles. The average molecular weight is 242 g/mol. The first kappa shape index (κ1) is 16.1. The molecule has 0 aliphatic carbocycles. The first-order valence-corrected chi connectivity index (χ1v) is 5.95. The lowest BCUT2D eigenvalue weighted by Crippen LogP contribution is -2.02. The van der Waals surface area contributed by atoms with Gasteiger partial charge in [-0.3, -0.25) is 4.79 Å². The zero-order valence-corrected chi connectivity index (χ0v) is 11.8. The Labute approximate surface area is 111 Å². The third-order valence-corrected chi connectivity index (χ3v) is 2.57. The van der Waals surface area contributed by atoms with Crippen LogP contribution in [-0.2, 0) is 4.79 Å². The molecule has 0 bridgehead atoms. The second kappa shape index (κ2) is 8.24. The van der Waals surface area contributed by atoms with Gasteiger partial charge >= 0.3 is 0 Å². The van der Waals surface area contributed by atoms with E-state index < -0.39 is 0 Å². The summed E-state index contributed by atoms with van der Waals surface area (Å²) >= 11 is 0. The normalized spacial score (nSPS) is 13.9. The van der Waals surface area contributed by atoms with E-state index in [2.05, 4.69) is 13.2 Å². The van der Waals surface area contributed by atoms with Gasteiger partial charge in [-0.05, 0) is 44.4 Å². The van der Waals surface area contributed by atoms with E-state index in [1.165, 1.54) is 0 Å². The SMILES string of the molecule is C=C/C=C(C)\C(C(C)=O)=C(/C)C(=C)/C=C\C=C/C. The zero-order chi connectivity index (χ0) is 14.1. The van der Waals surface area contributed by atoms with Crippen LogP contribution in [-0.4, -0.2) is 5.78 Å². The summed E-state index contributed by atoms with van der Waals surface area (Å²) in [6.45, 7) is 15.0. The lowest BCUT2D eigenvalue weighted by Gasteiger charge is -2.10. The van der Waals surface area contributed by atoms with Crippen LogP contribution in [0.4, 0.5) is 0 Å². The van der Waals surface area contributed by atoms with Crippen LogP contribution >= 0.6 is 0 Å². The quantitative estimate of drug-likeness (QED) is 0.487. The van der Waals surface area contributed by atoms with E-state index in [1.807, 2.05) is 51.2 Å². The van der Waals surface area contributed by atoms with Crippen LogP contribution in [0.25, 0.3) is 0 Å². The van der Waals surface area contributed by atoms with E-state index >= 15 is 0 Å². The summed E-state index contributed by atoms with van der Waals surface area (Å²) in [4.78, 5) is 11.7. The number of carbonyl (C=O) groups excluding carboxylic acids is 1. The molecule has 0 spiro atoms. The Morgan fingerprint density at radius 2 is 1.72 bits per heavy atom. The van der Waals surface area contributed by atoms with E-state index in [-0.39, 0.29) is 5.78 Å². The van der Waals surface area contributed by atoms with Crippen molar-refractivity contribution in [1.29, 1.82) is 0 Å². The van der Waals surface area contributed by atoms with Crippen LogP contribution in [0.3, 0.4) is 0 Å². The molecule has 18 heavy (non-hydrogen) atoms. The van der Waals surface area contributed by atoms with Gasteiger partial charge in [0, 0.05) is 5.57 Å². The lowest BCUT2D eigenvalue weighted by atomic mass is 9.94. The van der Waals surface area contributed by atoms with Crippen molar-refractivity contribution in [3.8, 4) is 0 Å². The Balaban J connectivity index is 5.48. The highest BCUT2D eigenvalue weighted by atomic mass is 16.1. The van der Waals surface area contributed by atoms with Crippen molar-refractivity contribution in [3.05, 3.63) is 71.9 Å². The highest BCUT2D eigenvalue weighted by Gasteiger charge is 2.10. The topological polar surface area (TPSA) is 17.1 Å². The zero-order valence-electron chi connectivity index (χ0n) is 11.8. The Kier molecular flexibility index (Phi) is 7.37. The molecular weight excluding hydrogens is 220 g/mol. The summed E-state index contributed by atoms with van der Waals surface area (Å²) in [5.41, 5.74) is 3.37. The average Bonchev–Trinajstić information content (AvgIpc) is 2.29. The predicted molar refractivity (Wildman–Crippen MR) is 80.4 cm³/mol. The van der Waals surface area contributed by atoms with Crippen molar-refractivity contribution in [2.45, 2.75) is 27.7 Å². The Morgan fingerprint density at radius 1 is 1.11 bits per heavy atom. The van der Waals surface area contributed by atoms with E-state index in [1.54, 1.807) is 13.0 Å². The van der Waals surface area contributed by atoms with Gasteiger partial charge in [0.2, 0.25) is 0 Å². The second-order valence-corrected chi connectivity index (χ2v) is 4.05. The maximum Gasteiger partial charge on any atom is 0.160 e. The number of hydrogen-bond donors (Lipinski definition) is 0. The molecule has 1 nitrogen and oxygen atoms in total. The molecule has 0 fully saturated rings. The van der Waals surface area contributed by atoms with Crippen molar-refractivity contribution in [2.75, 3.05) is 0 Å². The number of hydrogen-bond acceptors (Lipinski definition) is 1. The van der Waals surface area contributed by atoms with Crippen molar-refractivity contribution < 1.29 is 4.79 Å². The van der Waals surface area contributed by atoms with Crippen LogP contribution in [0.15, 0.2) is 71.9 Å². The van der Waals surface area contributed by atoms with E-state index in [9.17, 15) is 4.79 Å². The summed E-state index contributed by atoms with van der Waals surface area (Å²) in [7, 11) is 0. The van der Waals surface area contributed by atoms with Crippen molar-refractivity contribution >= 4 is 5.78 Å². The van der Waals surface area contributed by atoms with Crippen molar-refractivity contribution in [3.63, 3.8) is 0 Å². The Morgan fingerprint density at radius 3 is 2.17 bits per heavy atom. The van der Waals surface area contributed by atoms with Gasteiger partial charge in [-0.15, -0.1) is 0 Å². The standard InChI is InChI=1S/C17H22O/c1-7-9-10-12-13(3)15(5)17(16(6)18)14(4)11-8-2/h7-12H,2-3H2,1,4-6H3/b9-7-,12-10-,14-11-,17-15-. The molecule has 0 unspecified atom stereocenters. The molecule has 0 atom stereocenters. The van der Waals surface area contributed by atoms with Crippen LogP contribution in [0.5, 0.6) is 0 Å². The summed E-state index contributed by atoms with van der Waals surface area (Å²) in [6.07, 6.45) is 11.2. The molecule has 0 saturated heterocycles. The molecule has 96 valence electrons. The van der Waals surface area contributed by atoms with Gasteiger partial charge in [-0.2, -0.15) is 0 Å². The van der Waals surface area contributed by atoms with Crippen LogP contribution < -0.4 is 0 Å². The second-order valence-electron chi connectivity index (χ2n) is 4.05. The highest BCUT2D eigenvalue weighted by Crippen LogP contribution is 2.21. The van der Waals surface area contributed by atoms with Gasteiger partial charge in [0.25, 0.3) is 0 Å². The minimum atomic E-state index is 0.0451. The van der Waals surface area contributed by atoms with Crippen LogP contribution in [0.1, 0.15) is 27.7 Å². The molecule has 0 aromatic carbocycles.